The molecular formula is C29H31FN2O5S. The lowest BCUT2D eigenvalue weighted by Crippen LogP contribution is -2.49. The molecule has 3 aromatic rings. The normalized spacial score (nSPS) is 18.6. The van der Waals surface area contributed by atoms with E-state index >= 15 is 0 Å². The lowest BCUT2D eigenvalue weighted by molar-refractivity contribution is -0.135. The topological polar surface area (TPSA) is 68.3 Å². The molecular weight excluding hydrogens is 507 g/mol. The predicted molar refractivity (Wildman–Crippen MR) is 142 cm³/mol. The molecule has 1 aromatic heterocycles. The van der Waals surface area contributed by atoms with Crippen LogP contribution in [0.2, 0.25) is 0 Å². The van der Waals surface area contributed by atoms with Crippen LogP contribution in [0, 0.1) is 5.82 Å². The van der Waals surface area contributed by atoms with E-state index in [0.29, 0.717) is 36.8 Å². The number of fused-ring (bicyclic) bond motifs is 1. The third-order valence-corrected chi connectivity index (χ3v) is 8.01. The Bertz CT molecular complexity index is 1260. The van der Waals surface area contributed by atoms with E-state index in [1.54, 1.807) is 18.4 Å². The summed E-state index contributed by atoms with van der Waals surface area (Å²) in [4.78, 5) is 31.8. The Kier molecular flexibility index (Phi) is 8.24. The first-order valence-corrected chi connectivity index (χ1v) is 13.7. The lowest BCUT2D eigenvalue weighted by atomic mass is 10.00. The van der Waals surface area contributed by atoms with E-state index in [4.69, 9.17) is 14.2 Å². The van der Waals surface area contributed by atoms with Crippen molar-refractivity contribution in [1.29, 1.82) is 0 Å². The summed E-state index contributed by atoms with van der Waals surface area (Å²) in [5.41, 5.74) is 1.42. The van der Waals surface area contributed by atoms with Crippen LogP contribution in [-0.2, 0) is 16.0 Å². The SMILES string of the molecule is COc1cccc(OCC2c3ccsc3CCN2C(=O)CN(CC2CCCO2)C(=O)c2ccc(F)cc2)c1. The number of rotatable bonds is 9. The number of carbonyl (C=O) groups is 2. The Morgan fingerprint density at radius 2 is 1.97 bits per heavy atom. The van der Waals surface area contributed by atoms with Gasteiger partial charge in [-0.25, -0.2) is 4.39 Å². The molecule has 2 unspecified atom stereocenters. The summed E-state index contributed by atoms with van der Waals surface area (Å²) in [5, 5.41) is 2.04. The molecule has 0 aliphatic carbocycles. The first kappa shape index (κ1) is 26.2. The van der Waals surface area contributed by atoms with Crippen LogP contribution in [0.25, 0.3) is 0 Å². The summed E-state index contributed by atoms with van der Waals surface area (Å²) in [7, 11) is 1.61. The molecule has 38 heavy (non-hydrogen) atoms. The molecule has 5 rings (SSSR count). The largest absolute Gasteiger partial charge is 0.497 e. The number of benzene rings is 2. The molecule has 1 saturated heterocycles. The second-order valence-electron chi connectivity index (χ2n) is 9.47. The van der Waals surface area contributed by atoms with Crippen molar-refractivity contribution < 1.29 is 28.2 Å². The number of amides is 2. The predicted octanol–water partition coefficient (Wildman–Crippen LogP) is 4.72. The van der Waals surface area contributed by atoms with Crippen molar-refractivity contribution in [2.24, 2.45) is 0 Å². The molecule has 2 atom stereocenters. The highest BCUT2D eigenvalue weighted by atomic mass is 32.1. The van der Waals surface area contributed by atoms with E-state index in [1.807, 2.05) is 40.6 Å². The van der Waals surface area contributed by atoms with Crippen LogP contribution in [0.1, 0.15) is 39.7 Å². The standard InChI is InChI=1S/C29H31FN2O5S/c1-35-22-4-2-5-23(16-22)37-19-26-25-12-15-38-27(25)11-13-32(26)28(33)18-31(17-24-6-3-14-36-24)29(34)20-7-9-21(30)10-8-20/h2,4-5,7-10,12,15-16,24,26H,3,6,11,13-14,17-19H2,1H3. The fraction of sp³-hybridized carbons (Fsp3) is 0.379. The average molecular weight is 539 g/mol. The molecule has 7 nitrogen and oxygen atoms in total. The van der Waals surface area contributed by atoms with E-state index < -0.39 is 5.82 Å². The monoisotopic (exact) mass is 538 g/mol. The number of ether oxygens (including phenoxy) is 3. The fourth-order valence-electron chi connectivity index (χ4n) is 5.02. The minimum Gasteiger partial charge on any atom is -0.497 e. The number of halogens is 1. The minimum absolute atomic E-state index is 0.0921. The average Bonchev–Trinajstić information content (AvgIpc) is 3.64. The fourth-order valence-corrected chi connectivity index (χ4v) is 5.95. The van der Waals surface area contributed by atoms with Gasteiger partial charge in [-0.05, 0) is 72.7 Å². The maximum absolute atomic E-state index is 13.8. The number of hydrogen-bond acceptors (Lipinski definition) is 6. The van der Waals surface area contributed by atoms with Gasteiger partial charge >= 0.3 is 0 Å². The summed E-state index contributed by atoms with van der Waals surface area (Å²) in [6, 6.07) is 14.6. The molecule has 0 radical (unpaired) electrons. The molecule has 2 aromatic carbocycles. The molecule has 0 N–H and O–H groups in total. The highest BCUT2D eigenvalue weighted by Gasteiger charge is 2.34. The van der Waals surface area contributed by atoms with Gasteiger partial charge in [-0.15, -0.1) is 11.3 Å². The van der Waals surface area contributed by atoms with Crippen molar-refractivity contribution in [3.05, 3.63) is 81.8 Å². The Morgan fingerprint density at radius 3 is 2.74 bits per heavy atom. The van der Waals surface area contributed by atoms with E-state index in [1.165, 1.54) is 34.0 Å². The molecule has 2 aliphatic heterocycles. The lowest BCUT2D eigenvalue weighted by Gasteiger charge is -2.37. The summed E-state index contributed by atoms with van der Waals surface area (Å²) in [5.74, 6) is 0.466. The third-order valence-electron chi connectivity index (χ3n) is 7.02. The molecule has 2 amide bonds. The first-order valence-electron chi connectivity index (χ1n) is 12.8. The van der Waals surface area contributed by atoms with Crippen molar-refractivity contribution in [2.45, 2.75) is 31.4 Å². The Labute approximate surface area is 225 Å². The molecule has 9 heteroatoms. The number of nitrogens with zero attached hydrogens (tertiary/aromatic N) is 2. The first-order chi connectivity index (χ1) is 18.5. The van der Waals surface area contributed by atoms with Crippen LogP contribution in [0.5, 0.6) is 11.5 Å². The number of thiophene rings is 1. The molecule has 1 fully saturated rings. The highest BCUT2D eigenvalue weighted by Crippen LogP contribution is 2.34. The summed E-state index contributed by atoms with van der Waals surface area (Å²) >= 11 is 1.68. The summed E-state index contributed by atoms with van der Waals surface area (Å²) in [6.07, 6.45) is 2.39. The quantitative estimate of drug-likeness (QED) is 0.394. The molecule has 200 valence electrons. The van der Waals surface area contributed by atoms with Gasteiger partial charge in [0.25, 0.3) is 5.91 Å². The number of hydrogen-bond donors (Lipinski definition) is 0. The smallest absolute Gasteiger partial charge is 0.254 e. The maximum Gasteiger partial charge on any atom is 0.254 e. The van der Waals surface area contributed by atoms with E-state index in [-0.39, 0.29) is 37.1 Å². The molecule has 0 saturated carbocycles. The zero-order valence-electron chi connectivity index (χ0n) is 21.3. The van der Waals surface area contributed by atoms with Crippen molar-refractivity contribution in [2.75, 3.05) is 40.0 Å². The second kappa shape index (κ2) is 12.0. The third kappa shape index (κ3) is 6.00. The minimum atomic E-state index is -0.415. The van der Waals surface area contributed by atoms with Crippen LogP contribution in [0.4, 0.5) is 4.39 Å². The van der Waals surface area contributed by atoms with Crippen LogP contribution in [0.3, 0.4) is 0 Å². The van der Waals surface area contributed by atoms with Gasteiger partial charge < -0.3 is 24.0 Å². The van der Waals surface area contributed by atoms with Gasteiger partial charge in [0.15, 0.2) is 0 Å². The van der Waals surface area contributed by atoms with Gasteiger partial charge in [-0.1, -0.05) is 6.07 Å². The van der Waals surface area contributed by atoms with Gasteiger partial charge in [0.1, 0.15) is 30.5 Å². The van der Waals surface area contributed by atoms with Gasteiger partial charge in [0.2, 0.25) is 5.91 Å². The van der Waals surface area contributed by atoms with Gasteiger partial charge in [0, 0.05) is 36.2 Å². The maximum atomic E-state index is 13.8. The highest BCUT2D eigenvalue weighted by molar-refractivity contribution is 7.10. The Balaban J connectivity index is 1.35. The Morgan fingerprint density at radius 1 is 1.16 bits per heavy atom. The molecule has 0 bridgehead atoms. The van der Waals surface area contributed by atoms with E-state index in [2.05, 4.69) is 0 Å². The van der Waals surface area contributed by atoms with E-state index in [0.717, 1.165) is 24.8 Å². The zero-order valence-corrected chi connectivity index (χ0v) is 22.1. The van der Waals surface area contributed by atoms with Gasteiger partial charge in [0.05, 0.1) is 19.3 Å². The summed E-state index contributed by atoms with van der Waals surface area (Å²) in [6.45, 7) is 1.68. The van der Waals surface area contributed by atoms with Crippen molar-refractivity contribution in [3.63, 3.8) is 0 Å². The zero-order chi connectivity index (χ0) is 26.5. The van der Waals surface area contributed by atoms with E-state index in [9.17, 15) is 14.0 Å². The van der Waals surface area contributed by atoms with Crippen LogP contribution >= 0.6 is 11.3 Å². The van der Waals surface area contributed by atoms with Crippen LogP contribution in [0.15, 0.2) is 60.0 Å². The second-order valence-corrected chi connectivity index (χ2v) is 10.5. The Hall–Kier alpha value is -3.43. The van der Waals surface area contributed by atoms with Crippen molar-refractivity contribution in [3.8, 4) is 11.5 Å². The van der Waals surface area contributed by atoms with Crippen LogP contribution in [-0.4, -0.2) is 67.7 Å². The summed E-state index contributed by atoms with van der Waals surface area (Å²) < 4.78 is 30.7. The van der Waals surface area contributed by atoms with Crippen molar-refractivity contribution >= 4 is 23.2 Å². The van der Waals surface area contributed by atoms with Gasteiger partial charge in [-0.2, -0.15) is 0 Å². The van der Waals surface area contributed by atoms with Crippen molar-refractivity contribution in [1.82, 2.24) is 9.80 Å². The molecule has 2 aliphatic rings. The molecule has 0 spiro atoms. The number of carbonyl (C=O) groups excluding carboxylic acids is 2. The van der Waals surface area contributed by atoms with Gasteiger partial charge in [-0.3, -0.25) is 9.59 Å². The number of methoxy groups -OCH3 is 1. The van der Waals surface area contributed by atoms with Crippen LogP contribution < -0.4 is 9.47 Å². The molecule has 3 heterocycles.